The van der Waals surface area contributed by atoms with E-state index >= 15 is 0 Å². The Morgan fingerprint density at radius 2 is 1.62 bits per heavy atom. The lowest BCUT2D eigenvalue weighted by molar-refractivity contribution is -1.07. The van der Waals surface area contributed by atoms with Gasteiger partial charge >= 0.3 is 17.8 Å². The second kappa shape index (κ2) is 2.25. The maximum absolute atomic E-state index is 12.2. The van der Waals surface area contributed by atoms with Crippen LogP contribution in [0.25, 0.3) is 0 Å². The van der Waals surface area contributed by atoms with E-state index in [1.807, 2.05) is 0 Å². The summed E-state index contributed by atoms with van der Waals surface area (Å²) in [5, 5.41) is 0. The highest BCUT2D eigenvalue weighted by molar-refractivity contribution is 5.79. The molecule has 0 fully saturated rings. The van der Waals surface area contributed by atoms with Crippen molar-refractivity contribution in [2.24, 2.45) is 0 Å². The average molecular weight is 206 g/mol. The summed E-state index contributed by atoms with van der Waals surface area (Å²) < 4.78 is 73.0. The van der Waals surface area contributed by atoms with E-state index in [2.05, 4.69) is 0 Å². The first-order chi connectivity index (χ1) is 5.61. The molecule has 1 heterocycles. The summed E-state index contributed by atoms with van der Waals surface area (Å²) in [6, 6.07) is 0. The minimum Gasteiger partial charge on any atom is -0.215 e. The fraction of sp³-hybridized carbons (Fsp3) is 0.400. The first kappa shape index (κ1) is 10.0. The summed E-state index contributed by atoms with van der Waals surface area (Å²) in [5.74, 6) is -13.4. The van der Waals surface area contributed by atoms with Gasteiger partial charge in [0, 0.05) is 0 Å². The van der Waals surface area contributed by atoms with Crippen LogP contribution in [0.5, 0.6) is 0 Å². The predicted octanol–water partition coefficient (Wildman–Crippen LogP) is 1.90. The molecule has 8 heteroatoms. The molecule has 0 unspecified atom stereocenters. The molecule has 1 aliphatic heterocycles. The molecule has 0 bridgehead atoms. The van der Waals surface area contributed by atoms with Crippen molar-refractivity contribution in [3.05, 3.63) is 12.3 Å². The molecule has 1 amide bonds. The van der Waals surface area contributed by atoms with Crippen LogP contribution in [0.3, 0.4) is 0 Å². The number of halogens is 6. The number of hydrogen-bond donors (Lipinski definition) is 0. The van der Waals surface area contributed by atoms with E-state index in [-0.39, 0.29) is 0 Å². The molecule has 0 atom stereocenters. The average Bonchev–Trinajstić information content (AvgIpc) is 1.97. The Labute approximate surface area is 67.5 Å². The molecule has 0 aromatic rings. The topological polar surface area (TPSA) is 17.1 Å². The lowest BCUT2D eigenvalue weighted by Crippen LogP contribution is -2.57. The van der Waals surface area contributed by atoms with Gasteiger partial charge in [0.2, 0.25) is 0 Å². The number of carbonyl (C=O) groups excluding carboxylic acids is 1. The lowest BCUT2D eigenvalue weighted by Gasteiger charge is -2.24. The molecule has 1 rings (SSSR count). The molecule has 0 aromatic carbocycles. The van der Waals surface area contributed by atoms with Crippen molar-refractivity contribution in [3.8, 4) is 0 Å². The van der Waals surface area contributed by atoms with Gasteiger partial charge in [-0.05, 0) is 0 Å². The minimum absolute atomic E-state index is 0.584. The van der Waals surface area contributed by atoms with Gasteiger partial charge in [-0.2, -0.15) is 17.6 Å². The summed E-state index contributed by atoms with van der Waals surface area (Å²) in [6.45, 7) is 0. The van der Waals surface area contributed by atoms with Crippen LogP contribution in [-0.2, 0) is 4.79 Å². The molecule has 1 aliphatic rings. The fourth-order valence-corrected chi connectivity index (χ4v) is 0.689. The third kappa shape index (κ3) is 1.21. The Morgan fingerprint density at radius 3 is 2.00 bits per heavy atom. The van der Waals surface area contributed by atoms with Gasteiger partial charge in [-0.25, -0.2) is 4.79 Å². The Morgan fingerprint density at radius 1 is 1.15 bits per heavy atom. The quantitative estimate of drug-likeness (QED) is 0.437. The van der Waals surface area contributed by atoms with Gasteiger partial charge in [0.15, 0.2) is 11.1 Å². The van der Waals surface area contributed by atoms with Crippen LogP contribution < -0.4 is 0 Å². The molecule has 0 aromatic heterocycles. The molecule has 0 radical (unpaired) electrons. The SMILES string of the molecule is O=C1C(F)(F)C(F)(F)C=C[N+]1(F)F. The van der Waals surface area contributed by atoms with E-state index in [0.717, 1.165) is 0 Å². The first-order valence-electron chi connectivity index (χ1n) is 2.90. The highest BCUT2D eigenvalue weighted by Gasteiger charge is 2.73. The molecule has 0 saturated heterocycles. The van der Waals surface area contributed by atoms with Crippen molar-refractivity contribution >= 4 is 5.91 Å². The van der Waals surface area contributed by atoms with Gasteiger partial charge in [0.1, 0.15) is 0 Å². The lowest BCUT2D eigenvalue weighted by atomic mass is 10.1. The molecule has 0 saturated carbocycles. The highest BCUT2D eigenvalue weighted by atomic mass is 19.4. The summed E-state index contributed by atoms with van der Waals surface area (Å²) in [6.07, 6.45) is -1.27. The molecule has 13 heavy (non-hydrogen) atoms. The van der Waals surface area contributed by atoms with E-state index in [9.17, 15) is 31.3 Å². The summed E-state index contributed by atoms with van der Waals surface area (Å²) in [7, 11) is 0. The second-order valence-electron chi connectivity index (χ2n) is 2.38. The fourth-order valence-electron chi connectivity index (χ4n) is 0.689. The zero-order chi connectivity index (χ0) is 10.5. The van der Waals surface area contributed by atoms with E-state index in [4.69, 9.17) is 0 Å². The van der Waals surface area contributed by atoms with Crippen LogP contribution in [0.2, 0.25) is 0 Å². The maximum Gasteiger partial charge on any atom is 0.472 e. The van der Waals surface area contributed by atoms with Crippen LogP contribution in [0.15, 0.2) is 12.3 Å². The van der Waals surface area contributed by atoms with Crippen molar-refractivity contribution in [2.75, 3.05) is 0 Å². The van der Waals surface area contributed by atoms with Crippen LogP contribution in [0.1, 0.15) is 0 Å². The molecule has 0 N–H and O–H groups in total. The van der Waals surface area contributed by atoms with E-state index < -0.39 is 35.0 Å². The molecule has 0 aliphatic carbocycles. The Balaban J connectivity index is 3.26. The van der Waals surface area contributed by atoms with Gasteiger partial charge in [-0.3, -0.25) is 0 Å². The molecule has 74 valence electrons. The van der Waals surface area contributed by atoms with Crippen LogP contribution in [0, 0.1) is 0 Å². The van der Waals surface area contributed by atoms with Gasteiger partial charge < -0.3 is 0 Å². The number of quaternary nitrogens is 1. The normalized spacial score (nSPS) is 28.9. The monoisotopic (exact) mass is 206 g/mol. The highest BCUT2D eigenvalue weighted by Crippen LogP contribution is 2.43. The van der Waals surface area contributed by atoms with Crippen molar-refractivity contribution in [1.29, 1.82) is 0 Å². The van der Waals surface area contributed by atoms with Gasteiger partial charge in [-0.1, -0.05) is 0 Å². The zero-order valence-corrected chi connectivity index (χ0v) is 5.78. The van der Waals surface area contributed by atoms with Crippen molar-refractivity contribution in [1.82, 2.24) is 0 Å². The van der Waals surface area contributed by atoms with E-state index in [0.29, 0.717) is 0 Å². The number of carbonyl (C=O) groups is 1. The molecule has 2 nitrogen and oxygen atoms in total. The summed E-state index contributed by atoms with van der Waals surface area (Å²) in [4.78, 5) is 6.25. The Kier molecular flexibility index (Phi) is 1.74. The number of allylic oxidation sites excluding steroid dienone is 1. The number of rotatable bonds is 0. The predicted molar refractivity (Wildman–Crippen MR) is 26.5 cm³/mol. The van der Waals surface area contributed by atoms with Crippen molar-refractivity contribution < 1.29 is 36.2 Å². The molecular formula is C5H2F6NO+. The smallest absolute Gasteiger partial charge is 0.215 e. The third-order valence-corrected chi connectivity index (χ3v) is 1.43. The van der Waals surface area contributed by atoms with Crippen LogP contribution >= 0.6 is 0 Å². The van der Waals surface area contributed by atoms with Crippen LogP contribution in [-0.4, -0.2) is 22.7 Å². The van der Waals surface area contributed by atoms with Gasteiger partial charge in [0.05, 0.1) is 15.0 Å². The number of hydrogen-bond acceptors (Lipinski definition) is 1. The standard InChI is InChI=1S/C5H2F6NO/c6-4(7)1-2-12(10,11)3(13)5(4,8)9/h1-2H/q+1. The van der Waals surface area contributed by atoms with E-state index in [1.54, 1.807) is 0 Å². The Bertz CT molecular complexity index is 283. The summed E-state index contributed by atoms with van der Waals surface area (Å²) in [5.41, 5.74) is 0. The van der Waals surface area contributed by atoms with Crippen LogP contribution in [0.4, 0.5) is 26.5 Å². The molecule has 0 spiro atoms. The van der Waals surface area contributed by atoms with Crippen molar-refractivity contribution in [3.63, 3.8) is 0 Å². The van der Waals surface area contributed by atoms with Gasteiger partial charge in [0.25, 0.3) is 0 Å². The van der Waals surface area contributed by atoms with Crippen molar-refractivity contribution in [2.45, 2.75) is 11.8 Å². The third-order valence-electron chi connectivity index (χ3n) is 1.43. The maximum atomic E-state index is 12.2. The Hall–Kier alpha value is -1.05. The molecular weight excluding hydrogens is 204 g/mol. The number of nitrogens with zero attached hydrogens (tertiary/aromatic N) is 1. The number of alkyl halides is 4. The second-order valence-corrected chi connectivity index (χ2v) is 2.38. The largest absolute Gasteiger partial charge is 0.472 e. The minimum atomic E-state index is -5.37. The van der Waals surface area contributed by atoms with E-state index in [1.165, 1.54) is 0 Å². The van der Waals surface area contributed by atoms with Gasteiger partial charge in [-0.15, -0.1) is 0 Å². The zero-order valence-electron chi connectivity index (χ0n) is 5.78. The summed E-state index contributed by atoms with van der Waals surface area (Å²) >= 11 is 0. The number of amides is 1. The first-order valence-corrected chi connectivity index (χ1v) is 2.90.